The van der Waals surface area contributed by atoms with E-state index in [9.17, 15) is 12.8 Å². The fraction of sp³-hybridized carbons (Fsp3) is 0.300. The third-order valence-electron chi connectivity index (χ3n) is 4.30. The van der Waals surface area contributed by atoms with Crippen LogP contribution in [0.1, 0.15) is 32.2 Å². The molecule has 3 rings (SSSR count). The van der Waals surface area contributed by atoms with E-state index in [-0.39, 0.29) is 32.5 Å². The lowest BCUT2D eigenvalue weighted by Crippen LogP contribution is -2.15. The van der Waals surface area contributed by atoms with Gasteiger partial charge in [-0.25, -0.2) is 12.8 Å². The number of sulfonamides is 1. The van der Waals surface area contributed by atoms with E-state index in [0.29, 0.717) is 11.6 Å². The summed E-state index contributed by atoms with van der Waals surface area (Å²) in [6.07, 6.45) is 1.88. The summed E-state index contributed by atoms with van der Waals surface area (Å²) in [5.74, 6) is 0.125. The zero-order valence-corrected chi connectivity index (χ0v) is 19.3. The van der Waals surface area contributed by atoms with Crippen molar-refractivity contribution in [2.75, 3.05) is 11.0 Å². The minimum atomic E-state index is -3.99. The number of hydrogen-bond acceptors (Lipinski definition) is 6. The first kappa shape index (κ1) is 22.6. The van der Waals surface area contributed by atoms with Crippen molar-refractivity contribution in [3.63, 3.8) is 0 Å². The summed E-state index contributed by atoms with van der Waals surface area (Å²) in [6.45, 7) is 6.10. The molecule has 0 atom stereocenters. The van der Waals surface area contributed by atoms with Gasteiger partial charge in [0.1, 0.15) is 5.82 Å². The van der Waals surface area contributed by atoms with Crippen molar-refractivity contribution in [1.29, 1.82) is 0 Å². The Balaban J connectivity index is 1.99. The van der Waals surface area contributed by atoms with Gasteiger partial charge in [0.25, 0.3) is 10.0 Å². The summed E-state index contributed by atoms with van der Waals surface area (Å²) in [4.78, 5) is 0.0467. The Kier molecular flexibility index (Phi) is 6.45. The normalized spacial score (nSPS) is 12.2. The van der Waals surface area contributed by atoms with Gasteiger partial charge in [-0.05, 0) is 35.4 Å². The first-order valence-corrected chi connectivity index (χ1v) is 12.2. The Hall–Kier alpha value is -2.10. The molecular formula is C20H21ClFN3O3S2. The van der Waals surface area contributed by atoms with Crippen LogP contribution in [0.4, 0.5) is 10.1 Å². The molecule has 0 aliphatic heterocycles. The highest BCUT2D eigenvalue weighted by atomic mass is 35.5. The van der Waals surface area contributed by atoms with Gasteiger partial charge >= 0.3 is 0 Å². The number of rotatable bonds is 6. The number of aromatic nitrogens is 2. The molecule has 3 aromatic rings. The number of halogens is 2. The van der Waals surface area contributed by atoms with Gasteiger partial charge < -0.3 is 4.42 Å². The maximum Gasteiger partial charge on any atom is 0.261 e. The van der Waals surface area contributed by atoms with Gasteiger partial charge in [-0.3, -0.25) is 4.72 Å². The van der Waals surface area contributed by atoms with Crippen LogP contribution in [-0.2, 0) is 21.2 Å². The number of nitrogens with one attached hydrogen (secondary N) is 1. The zero-order chi connectivity index (χ0) is 22.1. The number of thioether (sulfide) groups is 1. The van der Waals surface area contributed by atoms with E-state index in [2.05, 4.69) is 14.9 Å². The molecule has 0 spiro atoms. The van der Waals surface area contributed by atoms with Gasteiger partial charge in [-0.2, -0.15) is 11.8 Å². The predicted octanol–water partition coefficient (Wildman–Crippen LogP) is 5.49. The molecule has 0 saturated carbocycles. The molecule has 0 saturated heterocycles. The summed E-state index contributed by atoms with van der Waals surface area (Å²) >= 11 is 7.40. The average molecular weight is 470 g/mol. The molecule has 0 unspecified atom stereocenters. The third kappa shape index (κ3) is 4.96. The van der Waals surface area contributed by atoms with Crippen molar-refractivity contribution < 1.29 is 17.2 Å². The van der Waals surface area contributed by atoms with Crippen LogP contribution in [-0.4, -0.2) is 24.9 Å². The molecule has 0 aliphatic carbocycles. The van der Waals surface area contributed by atoms with Crippen molar-refractivity contribution >= 4 is 39.1 Å². The summed E-state index contributed by atoms with van der Waals surface area (Å²) in [6, 6.07) is 8.79. The minimum Gasteiger partial charge on any atom is -0.420 e. The zero-order valence-electron chi connectivity index (χ0n) is 16.9. The lowest BCUT2D eigenvalue weighted by Gasteiger charge is -2.19. The van der Waals surface area contributed by atoms with Crippen LogP contribution < -0.4 is 4.72 Å². The van der Waals surface area contributed by atoms with Gasteiger partial charge in [0.15, 0.2) is 0 Å². The Labute approximate surface area is 184 Å². The van der Waals surface area contributed by atoms with Crippen molar-refractivity contribution in [1.82, 2.24) is 10.2 Å². The molecule has 1 N–H and O–H groups in total. The largest absolute Gasteiger partial charge is 0.420 e. The molecule has 1 aromatic heterocycles. The second-order valence-electron chi connectivity index (χ2n) is 7.63. The summed E-state index contributed by atoms with van der Waals surface area (Å²) < 4.78 is 47.9. The molecule has 1 heterocycles. The smallest absolute Gasteiger partial charge is 0.261 e. The van der Waals surface area contributed by atoms with Crippen molar-refractivity contribution in [3.05, 3.63) is 58.7 Å². The molecule has 30 heavy (non-hydrogen) atoms. The summed E-state index contributed by atoms with van der Waals surface area (Å²) in [7, 11) is -3.99. The molecule has 0 aliphatic rings. The van der Waals surface area contributed by atoms with Crippen LogP contribution >= 0.6 is 23.4 Å². The maximum atomic E-state index is 14.1. The first-order valence-electron chi connectivity index (χ1n) is 8.95. The predicted molar refractivity (Wildman–Crippen MR) is 118 cm³/mol. The summed E-state index contributed by atoms with van der Waals surface area (Å²) in [5, 5.41) is 7.66. The van der Waals surface area contributed by atoms with Gasteiger partial charge in [-0.1, -0.05) is 44.5 Å². The Morgan fingerprint density at radius 1 is 1.17 bits per heavy atom. The third-order valence-corrected chi connectivity index (χ3v) is 6.51. The topological polar surface area (TPSA) is 85.1 Å². The standard InChI is InChI=1S/C20H21ClFN3O3S2/c1-20(2,3)12-5-7-13(8-6-12)30(26,27)25-17-10-16(22)15(21)9-14(17)19-24-23-18(28-19)11-29-4/h5-10,25H,11H2,1-4H3. The Morgan fingerprint density at radius 3 is 2.43 bits per heavy atom. The lowest BCUT2D eigenvalue weighted by molar-refractivity contribution is 0.528. The minimum absolute atomic E-state index is 0.0433. The number of hydrogen-bond donors (Lipinski definition) is 1. The number of nitrogens with zero attached hydrogens (tertiary/aromatic N) is 2. The van der Waals surface area contributed by atoms with E-state index in [0.717, 1.165) is 11.6 Å². The van der Waals surface area contributed by atoms with E-state index in [1.54, 1.807) is 12.1 Å². The van der Waals surface area contributed by atoms with Crippen LogP contribution in [0.3, 0.4) is 0 Å². The van der Waals surface area contributed by atoms with Crippen molar-refractivity contribution in [3.8, 4) is 11.5 Å². The van der Waals surface area contributed by atoms with Crippen LogP contribution in [0, 0.1) is 5.82 Å². The fourth-order valence-corrected chi connectivity index (χ4v) is 4.29. The van der Waals surface area contributed by atoms with Crippen LogP contribution in [0.5, 0.6) is 0 Å². The van der Waals surface area contributed by atoms with E-state index in [1.165, 1.54) is 30.0 Å². The van der Waals surface area contributed by atoms with E-state index in [4.69, 9.17) is 16.0 Å². The van der Waals surface area contributed by atoms with E-state index in [1.807, 2.05) is 27.0 Å². The first-order chi connectivity index (χ1) is 14.0. The molecular weight excluding hydrogens is 449 g/mol. The highest BCUT2D eigenvalue weighted by Gasteiger charge is 2.22. The highest BCUT2D eigenvalue weighted by Crippen LogP contribution is 2.34. The average Bonchev–Trinajstić information content (AvgIpc) is 3.12. The van der Waals surface area contributed by atoms with Gasteiger partial charge in [0, 0.05) is 6.07 Å². The quantitative estimate of drug-likeness (QED) is 0.513. The molecule has 0 fully saturated rings. The Bertz CT molecular complexity index is 1160. The maximum absolute atomic E-state index is 14.1. The van der Waals surface area contributed by atoms with E-state index < -0.39 is 15.8 Å². The van der Waals surface area contributed by atoms with Crippen molar-refractivity contribution in [2.45, 2.75) is 36.8 Å². The molecule has 160 valence electrons. The molecule has 2 aromatic carbocycles. The van der Waals surface area contributed by atoms with E-state index >= 15 is 0 Å². The Morgan fingerprint density at radius 2 is 1.83 bits per heavy atom. The number of anilines is 1. The van der Waals surface area contributed by atoms with Crippen LogP contribution in [0.15, 0.2) is 45.7 Å². The molecule has 0 bridgehead atoms. The monoisotopic (exact) mass is 469 g/mol. The lowest BCUT2D eigenvalue weighted by atomic mass is 9.87. The van der Waals surface area contributed by atoms with Crippen LogP contribution in [0.25, 0.3) is 11.5 Å². The highest BCUT2D eigenvalue weighted by molar-refractivity contribution is 7.97. The molecule has 0 amide bonds. The SMILES string of the molecule is CSCc1nnc(-c2cc(Cl)c(F)cc2NS(=O)(=O)c2ccc(C(C)(C)C)cc2)o1. The van der Waals surface area contributed by atoms with Gasteiger partial charge in [0.05, 0.1) is 26.9 Å². The molecule has 0 radical (unpaired) electrons. The summed E-state index contributed by atoms with van der Waals surface area (Å²) in [5.41, 5.74) is 1.02. The van der Waals surface area contributed by atoms with Crippen molar-refractivity contribution in [2.24, 2.45) is 0 Å². The van der Waals surface area contributed by atoms with Gasteiger partial charge in [-0.15, -0.1) is 10.2 Å². The van der Waals surface area contributed by atoms with Crippen LogP contribution in [0.2, 0.25) is 5.02 Å². The number of benzene rings is 2. The molecule has 6 nitrogen and oxygen atoms in total. The molecule has 10 heteroatoms. The van der Waals surface area contributed by atoms with Gasteiger partial charge in [0.2, 0.25) is 11.8 Å². The second-order valence-corrected chi connectivity index (χ2v) is 10.6. The second kappa shape index (κ2) is 8.56. The fourth-order valence-electron chi connectivity index (χ4n) is 2.69.